The Balaban J connectivity index is 0.000000342. The third kappa shape index (κ3) is 5.11. The standard InChI is InChI=1S/C8H6N2.C3H8.C2H6/c1-3-7-8(9-5-1)4-2-6-10-7;1-3-2;1-2/h1-6H;3H2,1-2H3;1-2H3. The maximum absolute atomic E-state index is 4.12. The van der Waals surface area contributed by atoms with Crippen molar-refractivity contribution < 1.29 is 0 Å². The van der Waals surface area contributed by atoms with E-state index in [-0.39, 0.29) is 0 Å². The fourth-order valence-corrected chi connectivity index (χ4v) is 0.904. The van der Waals surface area contributed by atoms with E-state index in [0.717, 1.165) is 11.0 Å². The molecule has 0 aromatic carbocycles. The van der Waals surface area contributed by atoms with Crippen molar-refractivity contribution in [3.63, 3.8) is 0 Å². The first-order valence-electron chi connectivity index (χ1n) is 5.54. The van der Waals surface area contributed by atoms with Crippen molar-refractivity contribution >= 4 is 11.0 Å². The van der Waals surface area contributed by atoms with E-state index >= 15 is 0 Å². The number of aromatic nitrogens is 2. The highest BCUT2D eigenvalue weighted by atomic mass is 14.7. The Morgan fingerprint density at radius 1 is 0.867 bits per heavy atom. The average Bonchev–Trinajstić information content (AvgIpc) is 2.33. The summed E-state index contributed by atoms with van der Waals surface area (Å²) in [6.07, 6.45) is 4.79. The van der Waals surface area contributed by atoms with Gasteiger partial charge in [0.15, 0.2) is 0 Å². The average molecular weight is 204 g/mol. The van der Waals surface area contributed by atoms with Crippen LogP contribution in [0.1, 0.15) is 34.1 Å². The van der Waals surface area contributed by atoms with Gasteiger partial charge in [-0.15, -0.1) is 0 Å². The van der Waals surface area contributed by atoms with Crippen molar-refractivity contribution in [2.75, 3.05) is 0 Å². The monoisotopic (exact) mass is 204 g/mol. The number of hydrogen-bond donors (Lipinski definition) is 0. The van der Waals surface area contributed by atoms with E-state index in [2.05, 4.69) is 23.8 Å². The first kappa shape index (κ1) is 13.6. The molecule has 0 bridgehead atoms. The predicted octanol–water partition coefficient (Wildman–Crippen LogP) is 4.07. The first-order chi connectivity index (χ1) is 7.38. The van der Waals surface area contributed by atoms with Crippen LogP contribution in [0.3, 0.4) is 0 Å². The first-order valence-corrected chi connectivity index (χ1v) is 5.54. The molecular formula is C13H20N2. The molecule has 15 heavy (non-hydrogen) atoms. The number of rotatable bonds is 0. The molecule has 2 rings (SSSR count). The van der Waals surface area contributed by atoms with Gasteiger partial charge in [-0.25, -0.2) is 0 Å². The summed E-state index contributed by atoms with van der Waals surface area (Å²) in [4.78, 5) is 8.24. The highest BCUT2D eigenvalue weighted by Gasteiger charge is 1.88. The Morgan fingerprint density at radius 2 is 1.20 bits per heavy atom. The zero-order valence-corrected chi connectivity index (χ0v) is 10.1. The maximum atomic E-state index is 4.12. The van der Waals surface area contributed by atoms with Crippen LogP contribution in [-0.2, 0) is 0 Å². The summed E-state index contributed by atoms with van der Waals surface area (Å²) < 4.78 is 0. The quantitative estimate of drug-likeness (QED) is 0.646. The van der Waals surface area contributed by atoms with Crippen LogP contribution >= 0.6 is 0 Å². The molecule has 2 heteroatoms. The second-order valence-electron chi connectivity index (χ2n) is 2.75. The summed E-state index contributed by atoms with van der Waals surface area (Å²) in [6, 6.07) is 7.66. The van der Waals surface area contributed by atoms with Gasteiger partial charge in [0, 0.05) is 12.4 Å². The van der Waals surface area contributed by atoms with Crippen LogP contribution < -0.4 is 0 Å². The van der Waals surface area contributed by atoms with Crippen molar-refractivity contribution in [1.29, 1.82) is 0 Å². The Hall–Kier alpha value is -1.44. The fourth-order valence-electron chi connectivity index (χ4n) is 0.904. The van der Waals surface area contributed by atoms with E-state index in [4.69, 9.17) is 0 Å². The second kappa shape index (κ2) is 9.13. The Labute approximate surface area is 92.4 Å². The van der Waals surface area contributed by atoms with Gasteiger partial charge in [0.2, 0.25) is 0 Å². The lowest BCUT2D eigenvalue weighted by molar-refractivity contribution is 1.09. The molecule has 2 aromatic rings. The molecule has 0 fully saturated rings. The van der Waals surface area contributed by atoms with Gasteiger partial charge >= 0.3 is 0 Å². The van der Waals surface area contributed by atoms with Crippen LogP contribution in [0.25, 0.3) is 11.0 Å². The van der Waals surface area contributed by atoms with Gasteiger partial charge in [-0.05, 0) is 24.3 Å². The summed E-state index contributed by atoms with van der Waals surface area (Å²) in [7, 11) is 0. The minimum atomic E-state index is 0.949. The van der Waals surface area contributed by atoms with Gasteiger partial charge in [0.1, 0.15) is 0 Å². The molecule has 2 aromatic heterocycles. The molecule has 0 radical (unpaired) electrons. The van der Waals surface area contributed by atoms with E-state index in [0.29, 0.717) is 0 Å². The summed E-state index contributed by atoms with van der Waals surface area (Å²) in [5.41, 5.74) is 1.90. The molecule has 82 valence electrons. The van der Waals surface area contributed by atoms with Crippen molar-refractivity contribution in [2.45, 2.75) is 34.1 Å². The van der Waals surface area contributed by atoms with Crippen molar-refractivity contribution in [1.82, 2.24) is 9.97 Å². The smallest absolute Gasteiger partial charge is 0.0886 e. The lowest BCUT2D eigenvalue weighted by Gasteiger charge is -1.90. The third-order valence-electron chi connectivity index (χ3n) is 1.37. The Kier molecular flexibility index (Phi) is 8.25. The number of pyridine rings is 2. The highest BCUT2D eigenvalue weighted by Crippen LogP contribution is 2.04. The molecule has 0 saturated heterocycles. The highest BCUT2D eigenvalue weighted by molar-refractivity contribution is 5.72. The minimum absolute atomic E-state index is 0.949. The summed E-state index contributed by atoms with van der Waals surface area (Å²) in [6.45, 7) is 8.25. The molecule has 0 N–H and O–H groups in total. The van der Waals surface area contributed by atoms with E-state index in [9.17, 15) is 0 Å². The maximum Gasteiger partial charge on any atom is 0.0886 e. The number of hydrogen-bond acceptors (Lipinski definition) is 2. The molecule has 0 unspecified atom stereocenters. The van der Waals surface area contributed by atoms with Crippen LogP contribution in [0, 0.1) is 0 Å². The number of nitrogens with zero attached hydrogens (tertiary/aromatic N) is 2. The van der Waals surface area contributed by atoms with Gasteiger partial charge in [-0.3, -0.25) is 9.97 Å². The van der Waals surface area contributed by atoms with Crippen molar-refractivity contribution in [3.05, 3.63) is 36.7 Å². The molecule has 0 saturated carbocycles. The topological polar surface area (TPSA) is 25.8 Å². The van der Waals surface area contributed by atoms with Crippen molar-refractivity contribution in [2.24, 2.45) is 0 Å². The molecule has 2 nitrogen and oxygen atoms in total. The Morgan fingerprint density at radius 3 is 1.53 bits per heavy atom. The van der Waals surface area contributed by atoms with Crippen molar-refractivity contribution in [3.8, 4) is 0 Å². The molecule has 0 aliphatic carbocycles. The van der Waals surface area contributed by atoms with Crippen LogP contribution in [0.15, 0.2) is 36.7 Å². The van der Waals surface area contributed by atoms with E-state index in [1.807, 2.05) is 38.1 Å². The normalized spacial score (nSPS) is 8.27. The molecule has 0 atom stereocenters. The zero-order valence-electron chi connectivity index (χ0n) is 10.1. The van der Waals surface area contributed by atoms with Crippen LogP contribution in [0.5, 0.6) is 0 Å². The van der Waals surface area contributed by atoms with Gasteiger partial charge in [-0.2, -0.15) is 0 Å². The lowest BCUT2D eigenvalue weighted by atomic mass is 10.3. The van der Waals surface area contributed by atoms with E-state index in [1.54, 1.807) is 12.4 Å². The minimum Gasteiger partial charge on any atom is -0.255 e. The summed E-state index contributed by atoms with van der Waals surface area (Å²) in [5.74, 6) is 0. The molecule has 0 aliphatic heterocycles. The fraction of sp³-hybridized carbons (Fsp3) is 0.385. The second-order valence-corrected chi connectivity index (χ2v) is 2.75. The molecular weight excluding hydrogens is 184 g/mol. The lowest BCUT2D eigenvalue weighted by Crippen LogP contribution is -1.78. The largest absolute Gasteiger partial charge is 0.255 e. The van der Waals surface area contributed by atoms with Gasteiger partial charge < -0.3 is 0 Å². The van der Waals surface area contributed by atoms with Crippen LogP contribution in [-0.4, -0.2) is 9.97 Å². The van der Waals surface area contributed by atoms with E-state index < -0.39 is 0 Å². The summed E-state index contributed by atoms with van der Waals surface area (Å²) in [5, 5.41) is 0. The van der Waals surface area contributed by atoms with Gasteiger partial charge in [0.25, 0.3) is 0 Å². The molecule has 0 aliphatic rings. The molecule has 0 amide bonds. The number of fused-ring (bicyclic) bond motifs is 1. The zero-order chi connectivity index (χ0) is 11.5. The van der Waals surface area contributed by atoms with E-state index in [1.165, 1.54) is 6.42 Å². The third-order valence-corrected chi connectivity index (χ3v) is 1.37. The summed E-state index contributed by atoms with van der Waals surface area (Å²) >= 11 is 0. The van der Waals surface area contributed by atoms with Gasteiger partial charge in [-0.1, -0.05) is 34.1 Å². The SMILES string of the molecule is CC.CCC.c1cnc2cccnc2c1. The van der Waals surface area contributed by atoms with Crippen LogP contribution in [0.2, 0.25) is 0 Å². The molecule has 2 heterocycles. The van der Waals surface area contributed by atoms with Gasteiger partial charge in [0.05, 0.1) is 11.0 Å². The van der Waals surface area contributed by atoms with Crippen LogP contribution in [0.4, 0.5) is 0 Å². The molecule has 0 spiro atoms. The Bertz CT molecular complexity index is 293. The predicted molar refractivity (Wildman–Crippen MR) is 66.9 cm³/mol.